The van der Waals surface area contributed by atoms with Gasteiger partial charge < -0.3 is 15.5 Å². The van der Waals surface area contributed by atoms with Crippen molar-refractivity contribution in [2.24, 2.45) is 0 Å². The number of nitrogens with zero attached hydrogens (tertiary/aromatic N) is 4. The van der Waals surface area contributed by atoms with E-state index in [0.717, 1.165) is 37.6 Å². The summed E-state index contributed by atoms with van der Waals surface area (Å²) in [5, 5.41) is 0. The first-order valence-electron chi connectivity index (χ1n) is 7.18. The standard InChI is InChI=1S/C14H23N5O/c1-4-19(5-2)13(20)9-18(3)12-8-11(15)16-14(17-12)10-6-7-10/h8,10H,4-7,9H2,1-3H3,(H2,15,16,17). The molecule has 20 heavy (non-hydrogen) atoms. The molecule has 1 aliphatic carbocycles. The first-order valence-corrected chi connectivity index (χ1v) is 7.18. The van der Waals surface area contributed by atoms with Gasteiger partial charge in [0.15, 0.2) is 0 Å². The molecule has 0 aliphatic heterocycles. The van der Waals surface area contributed by atoms with Crippen LogP contribution in [0.3, 0.4) is 0 Å². The van der Waals surface area contributed by atoms with Crippen molar-refractivity contribution in [1.82, 2.24) is 14.9 Å². The lowest BCUT2D eigenvalue weighted by Crippen LogP contribution is -2.39. The molecule has 0 aromatic carbocycles. The monoisotopic (exact) mass is 277 g/mol. The van der Waals surface area contributed by atoms with Crippen LogP contribution in [0.25, 0.3) is 0 Å². The van der Waals surface area contributed by atoms with Crippen LogP contribution in [0.15, 0.2) is 6.07 Å². The van der Waals surface area contributed by atoms with Gasteiger partial charge in [0, 0.05) is 32.1 Å². The first kappa shape index (κ1) is 14.6. The number of amides is 1. The van der Waals surface area contributed by atoms with E-state index < -0.39 is 0 Å². The molecule has 1 saturated carbocycles. The van der Waals surface area contributed by atoms with Gasteiger partial charge in [-0.25, -0.2) is 9.97 Å². The Kier molecular flexibility index (Phi) is 4.42. The number of nitrogens with two attached hydrogens (primary N) is 1. The summed E-state index contributed by atoms with van der Waals surface area (Å²) in [6.07, 6.45) is 2.26. The minimum absolute atomic E-state index is 0.0997. The molecule has 1 heterocycles. The van der Waals surface area contributed by atoms with E-state index in [-0.39, 0.29) is 5.91 Å². The van der Waals surface area contributed by atoms with E-state index in [1.165, 1.54) is 0 Å². The molecule has 0 atom stereocenters. The van der Waals surface area contributed by atoms with Crippen molar-refractivity contribution in [3.63, 3.8) is 0 Å². The second kappa shape index (κ2) is 6.07. The third kappa shape index (κ3) is 3.37. The number of likely N-dealkylation sites (N-methyl/N-ethyl adjacent to an activating group) is 2. The van der Waals surface area contributed by atoms with E-state index in [4.69, 9.17) is 5.73 Å². The second-order valence-electron chi connectivity index (χ2n) is 5.21. The van der Waals surface area contributed by atoms with Crippen molar-refractivity contribution >= 4 is 17.5 Å². The van der Waals surface area contributed by atoms with Crippen LogP contribution in [-0.2, 0) is 4.79 Å². The number of anilines is 2. The predicted octanol–water partition coefficient (Wildman–Crippen LogP) is 1.24. The third-order valence-corrected chi connectivity index (χ3v) is 3.57. The maximum Gasteiger partial charge on any atom is 0.242 e. The first-order chi connectivity index (χ1) is 9.55. The number of carbonyl (C=O) groups is 1. The Bertz CT molecular complexity index is 482. The van der Waals surface area contributed by atoms with Crippen molar-refractivity contribution < 1.29 is 4.79 Å². The molecule has 6 heteroatoms. The lowest BCUT2D eigenvalue weighted by atomic mass is 10.3. The molecule has 1 amide bonds. The Morgan fingerprint density at radius 1 is 1.35 bits per heavy atom. The number of hydrogen-bond donors (Lipinski definition) is 1. The number of nitrogen functional groups attached to an aromatic ring is 1. The predicted molar refractivity (Wildman–Crippen MR) is 79.6 cm³/mol. The van der Waals surface area contributed by atoms with E-state index in [1.807, 2.05) is 30.7 Å². The number of carbonyl (C=O) groups excluding carboxylic acids is 1. The number of hydrogen-bond acceptors (Lipinski definition) is 5. The molecule has 1 fully saturated rings. The zero-order valence-electron chi connectivity index (χ0n) is 12.5. The third-order valence-electron chi connectivity index (χ3n) is 3.57. The van der Waals surface area contributed by atoms with Gasteiger partial charge in [0.25, 0.3) is 0 Å². The van der Waals surface area contributed by atoms with Gasteiger partial charge in [-0.1, -0.05) is 0 Å². The summed E-state index contributed by atoms with van der Waals surface area (Å²) in [5.74, 6) is 2.55. The van der Waals surface area contributed by atoms with Gasteiger partial charge in [-0.05, 0) is 26.7 Å². The Hall–Kier alpha value is -1.85. The summed E-state index contributed by atoms with van der Waals surface area (Å²) in [5.41, 5.74) is 5.83. The smallest absolute Gasteiger partial charge is 0.242 e. The van der Waals surface area contributed by atoms with Crippen LogP contribution in [0.2, 0.25) is 0 Å². The fraction of sp³-hybridized carbons (Fsp3) is 0.643. The van der Waals surface area contributed by atoms with E-state index in [9.17, 15) is 4.79 Å². The maximum absolute atomic E-state index is 12.1. The lowest BCUT2D eigenvalue weighted by molar-refractivity contribution is -0.129. The highest BCUT2D eigenvalue weighted by molar-refractivity contribution is 5.81. The van der Waals surface area contributed by atoms with E-state index >= 15 is 0 Å². The van der Waals surface area contributed by atoms with Crippen LogP contribution in [0.4, 0.5) is 11.6 Å². The van der Waals surface area contributed by atoms with Gasteiger partial charge in [0.1, 0.15) is 17.5 Å². The molecule has 110 valence electrons. The van der Waals surface area contributed by atoms with Crippen molar-refractivity contribution in [1.29, 1.82) is 0 Å². The summed E-state index contributed by atoms with van der Waals surface area (Å²) in [6, 6.07) is 1.72. The fourth-order valence-electron chi connectivity index (χ4n) is 2.15. The zero-order valence-corrected chi connectivity index (χ0v) is 12.5. The molecule has 2 N–H and O–H groups in total. The minimum Gasteiger partial charge on any atom is -0.384 e. The molecule has 1 aliphatic rings. The Morgan fingerprint density at radius 2 is 2.00 bits per heavy atom. The average Bonchev–Trinajstić information content (AvgIpc) is 3.23. The summed E-state index contributed by atoms with van der Waals surface area (Å²) < 4.78 is 0. The molecule has 0 spiro atoms. The van der Waals surface area contributed by atoms with Crippen molar-refractivity contribution in [3.8, 4) is 0 Å². The molecule has 2 rings (SSSR count). The quantitative estimate of drug-likeness (QED) is 0.846. The molecule has 0 radical (unpaired) electrons. The molecule has 0 unspecified atom stereocenters. The van der Waals surface area contributed by atoms with Gasteiger partial charge in [-0.15, -0.1) is 0 Å². The molecule has 1 aromatic rings. The molecule has 0 saturated heterocycles. The normalized spacial score (nSPS) is 14.2. The van der Waals surface area contributed by atoms with Gasteiger partial charge in [0.2, 0.25) is 5.91 Å². The fourth-order valence-corrected chi connectivity index (χ4v) is 2.15. The van der Waals surface area contributed by atoms with Crippen LogP contribution in [-0.4, -0.2) is 47.5 Å². The van der Waals surface area contributed by atoms with Crippen molar-refractivity contribution in [2.45, 2.75) is 32.6 Å². The lowest BCUT2D eigenvalue weighted by Gasteiger charge is -2.24. The minimum atomic E-state index is 0.0997. The SMILES string of the molecule is CCN(CC)C(=O)CN(C)c1cc(N)nc(C2CC2)n1. The van der Waals surface area contributed by atoms with Crippen LogP contribution in [0.1, 0.15) is 38.4 Å². The summed E-state index contributed by atoms with van der Waals surface area (Å²) in [6.45, 7) is 5.72. The molecular weight excluding hydrogens is 254 g/mol. The largest absolute Gasteiger partial charge is 0.384 e. The second-order valence-corrected chi connectivity index (χ2v) is 5.21. The van der Waals surface area contributed by atoms with Gasteiger partial charge in [0.05, 0.1) is 6.54 Å². The van der Waals surface area contributed by atoms with Gasteiger partial charge >= 0.3 is 0 Å². The van der Waals surface area contributed by atoms with Crippen molar-refractivity contribution in [2.75, 3.05) is 37.3 Å². The van der Waals surface area contributed by atoms with E-state index in [2.05, 4.69) is 9.97 Å². The highest BCUT2D eigenvalue weighted by atomic mass is 16.2. The molecule has 1 aromatic heterocycles. The highest BCUT2D eigenvalue weighted by Gasteiger charge is 2.27. The number of rotatable bonds is 6. The van der Waals surface area contributed by atoms with E-state index in [0.29, 0.717) is 18.3 Å². The van der Waals surface area contributed by atoms with Crippen LogP contribution >= 0.6 is 0 Å². The zero-order chi connectivity index (χ0) is 14.7. The van der Waals surface area contributed by atoms with Crippen molar-refractivity contribution in [3.05, 3.63) is 11.9 Å². The average molecular weight is 277 g/mol. The summed E-state index contributed by atoms with van der Waals surface area (Å²) in [7, 11) is 1.86. The number of aromatic nitrogens is 2. The Balaban J connectivity index is 2.08. The van der Waals surface area contributed by atoms with Gasteiger partial charge in [-0.3, -0.25) is 4.79 Å². The summed E-state index contributed by atoms with van der Waals surface area (Å²) >= 11 is 0. The maximum atomic E-state index is 12.1. The van der Waals surface area contributed by atoms with E-state index in [1.54, 1.807) is 6.07 Å². The Morgan fingerprint density at radius 3 is 2.55 bits per heavy atom. The molecular formula is C14H23N5O. The molecule has 0 bridgehead atoms. The molecule has 6 nitrogen and oxygen atoms in total. The van der Waals surface area contributed by atoms with Gasteiger partial charge in [-0.2, -0.15) is 0 Å². The van der Waals surface area contributed by atoms with Crippen LogP contribution in [0, 0.1) is 0 Å². The highest BCUT2D eigenvalue weighted by Crippen LogP contribution is 2.38. The Labute approximate surface area is 120 Å². The van der Waals surface area contributed by atoms with Crippen LogP contribution < -0.4 is 10.6 Å². The van der Waals surface area contributed by atoms with Crippen LogP contribution in [0.5, 0.6) is 0 Å². The summed E-state index contributed by atoms with van der Waals surface area (Å²) in [4.78, 5) is 24.6. The topological polar surface area (TPSA) is 75.4 Å².